The van der Waals surface area contributed by atoms with E-state index in [0.29, 0.717) is 24.4 Å². The van der Waals surface area contributed by atoms with Crippen LogP contribution in [-0.4, -0.2) is 26.8 Å². The lowest BCUT2D eigenvalue weighted by Gasteiger charge is -2.18. The van der Waals surface area contributed by atoms with E-state index in [1.54, 1.807) is 18.3 Å². The molecule has 0 aliphatic carbocycles. The highest BCUT2D eigenvalue weighted by Crippen LogP contribution is 2.27. The summed E-state index contributed by atoms with van der Waals surface area (Å²) in [5.74, 6) is 0.194. The van der Waals surface area contributed by atoms with Gasteiger partial charge in [-0.15, -0.1) is 5.10 Å². The van der Waals surface area contributed by atoms with Crippen LogP contribution in [0.1, 0.15) is 29.0 Å². The number of benzene rings is 3. The van der Waals surface area contributed by atoms with Gasteiger partial charge in [-0.1, -0.05) is 78.9 Å². The summed E-state index contributed by atoms with van der Waals surface area (Å²) in [5, 5.41) is 10.2. The number of fused-ring (bicyclic) bond motifs is 1. The second kappa shape index (κ2) is 10.7. The third-order valence-corrected chi connectivity index (χ3v) is 6.13. The number of hydrogen-bond donors (Lipinski definition) is 2. The third kappa shape index (κ3) is 5.36. The van der Waals surface area contributed by atoms with Crippen LogP contribution < -0.4 is 16.3 Å². The van der Waals surface area contributed by atoms with Crippen molar-refractivity contribution in [3.05, 3.63) is 136 Å². The van der Waals surface area contributed by atoms with E-state index in [2.05, 4.69) is 40.0 Å². The maximum Gasteiger partial charge on any atom is 0.350 e. The number of pyridine rings is 1. The van der Waals surface area contributed by atoms with Crippen molar-refractivity contribution in [3.8, 4) is 0 Å². The van der Waals surface area contributed by atoms with Crippen LogP contribution in [0.25, 0.3) is 5.65 Å². The molecule has 0 saturated carbocycles. The van der Waals surface area contributed by atoms with Gasteiger partial charge >= 0.3 is 11.7 Å². The van der Waals surface area contributed by atoms with Crippen molar-refractivity contribution in [2.45, 2.75) is 18.9 Å². The number of aromatic nitrogens is 3. The molecule has 7 heteroatoms. The highest BCUT2D eigenvalue weighted by atomic mass is 16.2. The molecule has 2 heterocycles. The first-order chi connectivity index (χ1) is 17.7. The third-order valence-electron chi connectivity index (χ3n) is 6.13. The van der Waals surface area contributed by atoms with Gasteiger partial charge in [0, 0.05) is 24.3 Å². The summed E-state index contributed by atoms with van der Waals surface area (Å²) in [6.45, 7) is 0.837. The molecule has 2 aromatic heterocycles. The number of nitrogens with one attached hydrogen (secondary N) is 2. The molecule has 2 amide bonds. The van der Waals surface area contributed by atoms with E-state index in [0.717, 1.165) is 12.0 Å². The second-order valence-electron chi connectivity index (χ2n) is 8.61. The molecule has 2 N–H and O–H groups in total. The SMILES string of the molecule is O=C(NCCC(c1ccccc1)c1ccccc1)Nc1cccc(Cn2nc3ccccn3c2=O)c1. The maximum atomic E-state index is 12.6. The molecule has 5 aromatic rings. The topological polar surface area (TPSA) is 80.4 Å². The Morgan fingerprint density at radius 3 is 2.22 bits per heavy atom. The van der Waals surface area contributed by atoms with Gasteiger partial charge in [-0.25, -0.2) is 14.3 Å². The molecule has 0 saturated heterocycles. The van der Waals surface area contributed by atoms with Crippen molar-refractivity contribution in [1.82, 2.24) is 19.5 Å². The number of urea groups is 1. The quantitative estimate of drug-likeness (QED) is 0.334. The van der Waals surface area contributed by atoms with Gasteiger partial charge in [0.25, 0.3) is 0 Å². The van der Waals surface area contributed by atoms with Crippen molar-refractivity contribution in [2.75, 3.05) is 11.9 Å². The molecule has 0 fully saturated rings. The number of hydrogen-bond acceptors (Lipinski definition) is 3. The Balaban J connectivity index is 1.20. The largest absolute Gasteiger partial charge is 0.350 e. The Labute approximate surface area is 209 Å². The van der Waals surface area contributed by atoms with Crippen LogP contribution in [-0.2, 0) is 6.54 Å². The van der Waals surface area contributed by atoms with Crippen molar-refractivity contribution in [1.29, 1.82) is 0 Å². The molecule has 180 valence electrons. The first-order valence-electron chi connectivity index (χ1n) is 12.0. The van der Waals surface area contributed by atoms with E-state index in [1.807, 2.05) is 66.7 Å². The average Bonchev–Trinajstić information content (AvgIpc) is 3.23. The smallest absolute Gasteiger partial charge is 0.338 e. The highest BCUT2D eigenvalue weighted by Gasteiger charge is 2.14. The van der Waals surface area contributed by atoms with Crippen molar-refractivity contribution < 1.29 is 4.79 Å². The first kappa shape index (κ1) is 23.1. The summed E-state index contributed by atoms with van der Waals surface area (Å²) in [7, 11) is 0. The van der Waals surface area contributed by atoms with E-state index in [9.17, 15) is 9.59 Å². The zero-order valence-corrected chi connectivity index (χ0v) is 19.7. The lowest BCUT2D eigenvalue weighted by Crippen LogP contribution is -2.30. The molecule has 5 rings (SSSR count). The predicted octanol–water partition coefficient (Wildman–Crippen LogP) is 4.89. The van der Waals surface area contributed by atoms with Crippen LogP contribution in [0.5, 0.6) is 0 Å². The van der Waals surface area contributed by atoms with Crippen LogP contribution in [0.15, 0.2) is 114 Å². The van der Waals surface area contributed by atoms with E-state index >= 15 is 0 Å². The molecule has 0 aliphatic rings. The Morgan fingerprint density at radius 1 is 0.833 bits per heavy atom. The van der Waals surface area contributed by atoms with Gasteiger partial charge in [0.05, 0.1) is 6.54 Å². The summed E-state index contributed by atoms with van der Waals surface area (Å²) in [4.78, 5) is 25.2. The van der Waals surface area contributed by atoms with Gasteiger partial charge in [0.15, 0.2) is 5.65 Å². The molecule has 7 nitrogen and oxygen atoms in total. The van der Waals surface area contributed by atoms with Crippen LogP contribution in [0.4, 0.5) is 10.5 Å². The van der Waals surface area contributed by atoms with Crippen molar-refractivity contribution >= 4 is 17.4 Å². The van der Waals surface area contributed by atoms with Crippen LogP contribution in [0, 0.1) is 0 Å². The minimum atomic E-state index is -0.267. The second-order valence-corrected chi connectivity index (χ2v) is 8.61. The van der Waals surface area contributed by atoms with Gasteiger partial charge in [0.1, 0.15) is 0 Å². The van der Waals surface area contributed by atoms with Crippen LogP contribution in [0.2, 0.25) is 0 Å². The Morgan fingerprint density at radius 2 is 1.53 bits per heavy atom. The number of amides is 2. The lowest BCUT2D eigenvalue weighted by molar-refractivity contribution is 0.252. The standard InChI is InChI=1S/C29H27N5O2/c35-28(30-18-17-26(23-11-3-1-4-12-23)24-13-5-2-6-14-24)31-25-15-9-10-22(20-25)21-34-29(36)33-19-8-7-16-27(33)32-34/h1-16,19-20,26H,17-18,21H2,(H2,30,31,35). The molecule has 0 bridgehead atoms. The number of rotatable bonds is 8. The summed E-state index contributed by atoms with van der Waals surface area (Å²) in [6.07, 6.45) is 2.47. The van der Waals surface area contributed by atoms with Gasteiger partial charge in [-0.2, -0.15) is 0 Å². The summed E-state index contributed by atoms with van der Waals surface area (Å²) in [5.41, 5.74) is 4.37. The van der Waals surface area contributed by atoms with Crippen molar-refractivity contribution in [3.63, 3.8) is 0 Å². The lowest BCUT2D eigenvalue weighted by atomic mass is 9.88. The van der Waals surface area contributed by atoms with Gasteiger partial charge < -0.3 is 10.6 Å². The molecule has 0 radical (unpaired) electrons. The summed E-state index contributed by atoms with van der Waals surface area (Å²) < 4.78 is 2.93. The molecular weight excluding hydrogens is 450 g/mol. The molecule has 0 unspecified atom stereocenters. The van der Waals surface area contributed by atoms with Crippen molar-refractivity contribution in [2.24, 2.45) is 0 Å². The zero-order chi connectivity index (χ0) is 24.7. The number of carbonyl (C=O) groups is 1. The van der Waals surface area contributed by atoms with Gasteiger partial charge in [-0.3, -0.25) is 4.40 Å². The number of nitrogens with zero attached hydrogens (tertiary/aromatic N) is 3. The van der Waals surface area contributed by atoms with E-state index in [1.165, 1.54) is 20.2 Å². The van der Waals surface area contributed by atoms with E-state index in [4.69, 9.17) is 0 Å². The molecular formula is C29H27N5O2. The molecule has 0 atom stereocenters. The Bertz CT molecular complexity index is 1470. The normalized spacial score (nSPS) is 11.0. The van der Waals surface area contributed by atoms with E-state index < -0.39 is 0 Å². The Kier molecular flexibility index (Phi) is 6.89. The monoisotopic (exact) mass is 477 g/mol. The van der Waals surface area contributed by atoms with Gasteiger partial charge in [-0.05, 0) is 47.4 Å². The number of anilines is 1. The average molecular weight is 478 g/mol. The molecule has 0 aliphatic heterocycles. The fourth-order valence-electron chi connectivity index (χ4n) is 4.39. The van der Waals surface area contributed by atoms with Crippen LogP contribution in [0.3, 0.4) is 0 Å². The van der Waals surface area contributed by atoms with Crippen LogP contribution >= 0.6 is 0 Å². The highest BCUT2D eigenvalue weighted by molar-refractivity contribution is 5.89. The van der Waals surface area contributed by atoms with E-state index in [-0.39, 0.29) is 17.6 Å². The minimum absolute atomic E-state index is 0.194. The number of carbonyl (C=O) groups excluding carboxylic acids is 1. The predicted molar refractivity (Wildman–Crippen MR) is 141 cm³/mol. The molecule has 0 spiro atoms. The fourth-order valence-corrected chi connectivity index (χ4v) is 4.39. The molecule has 3 aromatic carbocycles. The van der Waals surface area contributed by atoms with Gasteiger partial charge in [0.2, 0.25) is 0 Å². The maximum absolute atomic E-state index is 12.6. The minimum Gasteiger partial charge on any atom is -0.338 e. The first-order valence-corrected chi connectivity index (χ1v) is 12.0. The summed E-state index contributed by atoms with van der Waals surface area (Å²) in [6, 6.07) is 33.3. The fraction of sp³-hybridized carbons (Fsp3) is 0.138. The zero-order valence-electron chi connectivity index (χ0n) is 19.7. The summed E-state index contributed by atoms with van der Waals surface area (Å²) >= 11 is 0. The molecule has 36 heavy (non-hydrogen) atoms. The Hall–Kier alpha value is -4.65.